The van der Waals surface area contributed by atoms with Crippen LogP contribution in [0, 0.1) is 11.3 Å². The van der Waals surface area contributed by atoms with Crippen molar-refractivity contribution >= 4 is 71.3 Å². The monoisotopic (exact) mass is 658 g/mol. The van der Waals surface area contributed by atoms with E-state index in [0.717, 1.165) is 0 Å². The van der Waals surface area contributed by atoms with Gasteiger partial charge in [-0.15, -0.1) is 0 Å². The minimum absolute atomic E-state index is 0.00156. The summed E-state index contributed by atoms with van der Waals surface area (Å²) in [5, 5.41) is 8.33. The average molecular weight is 659 g/mol. The van der Waals surface area contributed by atoms with E-state index in [-0.39, 0.29) is 52.3 Å². The molecule has 1 unspecified atom stereocenters. The molecule has 3 aromatic rings. The number of hydrogen-bond acceptors (Lipinski definition) is 4. The van der Waals surface area contributed by atoms with Gasteiger partial charge in [0, 0.05) is 42.1 Å². The number of halogens is 5. The number of anilines is 3. The lowest BCUT2D eigenvalue weighted by atomic mass is 9.95. The molecule has 45 heavy (non-hydrogen) atoms. The Labute approximate surface area is 271 Å². The van der Waals surface area contributed by atoms with Gasteiger partial charge in [-0.25, -0.2) is 0 Å². The predicted octanol–water partition coefficient (Wildman–Crippen LogP) is 6.73. The number of rotatable bonds is 7. The molecule has 1 saturated heterocycles. The van der Waals surface area contributed by atoms with E-state index in [9.17, 15) is 27.6 Å². The molecule has 3 aromatic carbocycles. The Morgan fingerprint density at radius 3 is 2.22 bits per heavy atom. The third-order valence-electron chi connectivity index (χ3n) is 7.41. The Kier molecular flexibility index (Phi) is 10.4. The number of benzene rings is 3. The lowest BCUT2D eigenvalue weighted by Crippen LogP contribution is -2.42. The normalized spacial score (nSPS) is 15.4. The number of carbonyl (C=O) groups is 3. The maximum absolute atomic E-state index is 13.6. The number of piperidine rings is 1. The first-order valence-corrected chi connectivity index (χ1v) is 15.0. The van der Waals surface area contributed by atoms with Gasteiger partial charge in [0.2, 0.25) is 5.91 Å². The summed E-state index contributed by atoms with van der Waals surface area (Å²) in [5.41, 5.74) is 1.25. The van der Waals surface area contributed by atoms with E-state index in [4.69, 9.17) is 31.0 Å². The second-order valence-corrected chi connectivity index (χ2v) is 12.7. The van der Waals surface area contributed by atoms with Crippen LogP contribution in [-0.2, 0) is 11.3 Å². The zero-order valence-electron chi connectivity index (χ0n) is 24.9. The molecule has 1 fully saturated rings. The Hall–Kier alpha value is -3.70. The van der Waals surface area contributed by atoms with Crippen LogP contribution in [0.25, 0.3) is 0 Å². The first kappa shape index (κ1) is 34.2. The van der Waals surface area contributed by atoms with Gasteiger partial charge < -0.3 is 20.9 Å². The second kappa shape index (κ2) is 13.7. The molecular weight excluding hydrogens is 627 g/mol. The van der Waals surface area contributed by atoms with Crippen LogP contribution in [0.2, 0.25) is 10.0 Å². The summed E-state index contributed by atoms with van der Waals surface area (Å²) in [6, 6.07) is 13.9. The molecule has 0 aromatic heterocycles. The minimum atomic E-state index is -4.37. The molecule has 1 heterocycles. The van der Waals surface area contributed by atoms with Crippen LogP contribution in [0.1, 0.15) is 59.9 Å². The highest BCUT2D eigenvalue weighted by molar-refractivity contribution is 6.41. The van der Waals surface area contributed by atoms with Gasteiger partial charge in [0.05, 0.1) is 27.1 Å². The van der Waals surface area contributed by atoms with Crippen molar-refractivity contribution in [1.82, 2.24) is 5.32 Å². The molecule has 2 radical (unpaired) electrons. The smallest absolute Gasteiger partial charge is 0.370 e. The Morgan fingerprint density at radius 1 is 0.933 bits per heavy atom. The number of nitrogens with zero attached hydrogens (tertiary/aromatic N) is 1. The van der Waals surface area contributed by atoms with Crippen LogP contribution < -0.4 is 26.3 Å². The Morgan fingerprint density at radius 2 is 1.58 bits per heavy atom. The van der Waals surface area contributed by atoms with Gasteiger partial charge in [0.15, 0.2) is 0 Å². The van der Waals surface area contributed by atoms with E-state index in [1.165, 1.54) is 29.2 Å². The lowest BCUT2D eigenvalue weighted by molar-refractivity contribution is -0.176. The molecule has 0 spiro atoms. The zero-order chi connectivity index (χ0) is 33.1. The molecule has 4 rings (SSSR count). The van der Waals surface area contributed by atoms with Gasteiger partial charge in [-0.2, -0.15) is 13.2 Å². The van der Waals surface area contributed by atoms with E-state index in [2.05, 4.69) is 16.0 Å². The highest BCUT2D eigenvalue weighted by Crippen LogP contribution is 2.37. The molecule has 236 valence electrons. The second-order valence-electron chi connectivity index (χ2n) is 11.9. The van der Waals surface area contributed by atoms with Crippen molar-refractivity contribution in [2.75, 3.05) is 28.6 Å². The summed E-state index contributed by atoms with van der Waals surface area (Å²) in [6.07, 6.45) is -4.07. The molecule has 0 saturated carbocycles. The Balaban J connectivity index is 1.64. The average Bonchev–Trinajstić information content (AvgIpc) is 2.97. The summed E-state index contributed by atoms with van der Waals surface area (Å²) >= 11 is 12.9. The van der Waals surface area contributed by atoms with Crippen LogP contribution in [-0.4, -0.2) is 44.8 Å². The maximum atomic E-state index is 13.6. The predicted molar refractivity (Wildman–Crippen MR) is 173 cm³/mol. The Bertz CT molecular complexity index is 1590. The first-order valence-electron chi connectivity index (χ1n) is 14.2. The molecule has 0 aliphatic carbocycles. The fraction of sp³-hybridized carbons (Fsp3) is 0.344. The van der Waals surface area contributed by atoms with Gasteiger partial charge in [-0.1, -0.05) is 67.6 Å². The molecule has 13 heteroatoms. The van der Waals surface area contributed by atoms with E-state index in [1.54, 1.807) is 51.1 Å². The van der Waals surface area contributed by atoms with Gasteiger partial charge >= 0.3 is 6.18 Å². The first-order chi connectivity index (χ1) is 21.0. The molecule has 3 amide bonds. The van der Waals surface area contributed by atoms with Crippen molar-refractivity contribution in [2.24, 2.45) is 11.3 Å². The fourth-order valence-electron chi connectivity index (χ4n) is 4.87. The van der Waals surface area contributed by atoms with E-state index in [1.807, 2.05) is 0 Å². The van der Waals surface area contributed by atoms with Crippen molar-refractivity contribution in [3.8, 4) is 0 Å². The molecule has 3 N–H and O–H groups in total. The topological polar surface area (TPSA) is 90.5 Å². The van der Waals surface area contributed by atoms with E-state index in [0.29, 0.717) is 35.4 Å². The highest BCUT2D eigenvalue weighted by Gasteiger charge is 2.42. The van der Waals surface area contributed by atoms with E-state index < -0.39 is 29.3 Å². The van der Waals surface area contributed by atoms with Crippen molar-refractivity contribution in [3.63, 3.8) is 0 Å². The number of alkyl halides is 3. The number of amides is 3. The molecular formula is C32H32BCl2F3N4O3. The van der Waals surface area contributed by atoms with Crippen LogP contribution in [0.4, 0.5) is 30.2 Å². The summed E-state index contributed by atoms with van der Waals surface area (Å²) in [6.45, 7) is 5.37. The maximum Gasteiger partial charge on any atom is 0.393 e. The fourth-order valence-corrected chi connectivity index (χ4v) is 5.48. The van der Waals surface area contributed by atoms with Crippen molar-refractivity contribution in [2.45, 2.75) is 46.3 Å². The molecule has 0 bridgehead atoms. The quantitative estimate of drug-likeness (QED) is 0.246. The highest BCUT2D eigenvalue weighted by atomic mass is 35.5. The minimum Gasteiger partial charge on any atom is -0.370 e. The third kappa shape index (κ3) is 8.52. The zero-order valence-corrected chi connectivity index (χ0v) is 26.5. The van der Waals surface area contributed by atoms with Crippen LogP contribution in [0.3, 0.4) is 0 Å². The SMILES string of the molecule is [B]c1ccc(NC(=O)c2cc(NC(=O)c3c(Cl)ccc(CNC(=O)C(C)(C)C)c3Cl)ccc2N2CCCC(C(F)(F)F)C2)cc1. The largest absolute Gasteiger partial charge is 0.393 e. The van der Waals surface area contributed by atoms with Gasteiger partial charge in [-0.05, 0) is 54.8 Å². The lowest BCUT2D eigenvalue weighted by Gasteiger charge is -2.36. The molecule has 1 aliphatic rings. The van der Waals surface area contributed by atoms with Gasteiger partial charge in [0.1, 0.15) is 7.85 Å². The van der Waals surface area contributed by atoms with Crippen molar-refractivity contribution < 1.29 is 27.6 Å². The van der Waals surface area contributed by atoms with E-state index >= 15 is 0 Å². The molecule has 1 aliphatic heterocycles. The summed E-state index contributed by atoms with van der Waals surface area (Å²) in [7, 11) is 5.74. The van der Waals surface area contributed by atoms with Gasteiger partial charge in [0.25, 0.3) is 11.8 Å². The van der Waals surface area contributed by atoms with Crippen LogP contribution >= 0.6 is 23.2 Å². The molecule has 7 nitrogen and oxygen atoms in total. The summed E-state index contributed by atoms with van der Waals surface area (Å²) < 4.78 is 40.8. The molecule has 1 atom stereocenters. The number of nitrogens with one attached hydrogen (secondary N) is 3. The van der Waals surface area contributed by atoms with Gasteiger partial charge in [-0.3, -0.25) is 14.4 Å². The third-order valence-corrected chi connectivity index (χ3v) is 8.16. The standard InChI is InChI=1S/C32H32BCl2F3N4O3/c1-31(2,3)30(45)39-16-18-6-12-24(34)26(27(18)35)29(44)41-22-11-13-25(42-14-4-5-19(17-42)32(36,37)38)23(15-22)28(43)40-21-9-7-20(33)8-10-21/h6-13,15,19H,4-5,14,16-17H2,1-3H3,(H,39,45)(H,40,43)(H,41,44). The van der Waals surface area contributed by atoms with Crippen LogP contribution in [0.5, 0.6) is 0 Å². The van der Waals surface area contributed by atoms with Crippen LogP contribution in [0.15, 0.2) is 54.6 Å². The van der Waals surface area contributed by atoms with Crippen molar-refractivity contribution in [3.05, 3.63) is 81.3 Å². The number of hydrogen-bond donors (Lipinski definition) is 3. The summed E-state index contributed by atoms with van der Waals surface area (Å²) in [4.78, 5) is 40.8. The summed E-state index contributed by atoms with van der Waals surface area (Å²) in [5.74, 6) is -3.02. The number of carbonyl (C=O) groups excluding carboxylic acids is 3. The van der Waals surface area contributed by atoms with Crippen molar-refractivity contribution in [1.29, 1.82) is 0 Å².